The summed E-state index contributed by atoms with van der Waals surface area (Å²) in [5.74, 6) is 0.511. The highest BCUT2D eigenvalue weighted by molar-refractivity contribution is 7.92. The van der Waals surface area contributed by atoms with E-state index in [1.54, 1.807) is 24.3 Å². The highest BCUT2D eigenvalue weighted by Gasteiger charge is 2.11. The third-order valence-corrected chi connectivity index (χ3v) is 4.12. The van der Waals surface area contributed by atoms with Crippen molar-refractivity contribution in [2.24, 2.45) is 0 Å². The van der Waals surface area contributed by atoms with Crippen LogP contribution in [-0.4, -0.2) is 27.4 Å². The molecule has 124 valence electrons. The molecular weight excluding hydrogens is 321 g/mol. The molecule has 2 aromatic carbocycles. The second kappa shape index (κ2) is 7.82. The molecule has 0 saturated heterocycles. The van der Waals surface area contributed by atoms with Crippen molar-refractivity contribution >= 4 is 15.7 Å². The molecule has 1 N–H and O–H groups in total. The van der Waals surface area contributed by atoms with E-state index >= 15 is 0 Å². The molecular formula is C16H18FNO4S. The van der Waals surface area contributed by atoms with Gasteiger partial charge in [0.2, 0.25) is 10.0 Å². The lowest BCUT2D eigenvalue weighted by Crippen LogP contribution is -2.21. The van der Waals surface area contributed by atoms with Crippen molar-refractivity contribution < 1.29 is 22.3 Å². The van der Waals surface area contributed by atoms with Crippen LogP contribution in [0.2, 0.25) is 0 Å². The summed E-state index contributed by atoms with van der Waals surface area (Å²) in [5.41, 5.74) is 0.454. The lowest BCUT2D eigenvalue weighted by Gasteiger charge is -2.10. The Labute approximate surface area is 135 Å². The van der Waals surface area contributed by atoms with Crippen molar-refractivity contribution in [3.8, 4) is 11.5 Å². The molecule has 0 amide bonds. The molecule has 0 aliphatic heterocycles. The van der Waals surface area contributed by atoms with Crippen LogP contribution in [0.5, 0.6) is 11.5 Å². The molecule has 0 bridgehead atoms. The zero-order valence-electron chi connectivity index (χ0n) is 12.7. The summed E-state index contributed by atoms with van der Waals surface area (Å²) in [4.78, 5) is 0. The van der Waals surface area contributed by atoms with Crippen molar-refractivity contribution in [1.29, 1.82) is 0 Å². The lowest BCUT2D eigenvalue weighted by molar-refractivity contribution is 0.340. The first kappa shape index (κ1) is 17.1. The van der Waals surface area contributed by atoms with Crippen LogP contribution in [0.3, 0.4) is 0 Å². The van der Waals surface area contributed by atoms with Gasteiger partial charge in [0.25, 0.3) is 0 Å². The van der Waals surface area contributed by atoms with Gasteiger partial charge in [-0.1, -0.05) is 0 Å². The van der Waals surface area contributed by atoms with E-state index in [4.69, 9.17) is 9.47 Å². The molecule has 0 aliphatic rings. The van der Waals surface area contributed by atoms with Crippen molar-refractivity contribution in [2.45, 2.75) is 6.92 Å². The Morgan fingerprint density at radius 2 is 1.52 bits per heavy atom. The normalized spacial score (nSPS) is 11.0. The summed E-state index contributed by atoms with van der Waals surface area (Å²) < 4.78 is 49.7. The zero-order chi connectivity index (χ0) is 16.7. The fourth-order valence-electron chi connectivity index (χ4n) is 1.82. The molecule has 0 unspecified atom stereocenters. The molecule has 5 nitrogen and oxygen atoms in total. The van der Waals surface area contributed by atoms with Crippen LogP contribution in [0.4, 0.5) is 10.1 Å². The highest BCUT2D eigenvalue weighted by Crippen LogP contribution is 2.17. The van der Waals surface area contributed by atoms with Gasteiger partial charge in [-0.2, -0.15) is 0 Å². The van der Waals surface area contributed by atoms with Gasteiger partial charge < -0.3 is 9.47 Å². The van der Waals surface area contributed by atoms with Gasteiger partial charge in [0, 0.05) is 5.69 Å². The van der Waals surface area contributed by atoms with Gasteiger partial charge in [-0.15, -0.1) is 0 Å². The quantitative estimate of drug-likeness (QED) is 0.803. The monoisotopic (exact) mass is 339 g/mol. The Balaban J connectivity index is 1.85. The van der Waals surface area contributed by atoms with Gasteiger partial charge in [-0.05, 0) is 55.5 Å². The Kier molecular flexibility index (Phi) is 5.81. The van der Waals surface area contributed by atoms with Crippen molar-refractivity contribution in [1.82, 2.24) is 0 Å². The molecule has 0 radical (unpaired) electrons. The molecule has 0 aromatic heterocycles. The number of benzene rings is 2. The maximum atomic E-state index is 12.7. The standard InChI is InChI=1S/C16H18FNO4S/c1-2-21-15-9-5-14(6-10-15)18-23(19,20)12-11-22-16-7-3-13(17)4-8-16/h3-10,18H,2,11-12H2,1H3. The van der Waals surface area contributed by atoms with Crippen molar-refractivity contribution in [3.05, 3.63) is 54.3 Å². The van der Waals surface area contributed by atoms with E-state index in [1.165, 1.54) is 24.3 Å². The van der Waals surface area contributed by atoms with E-state index in [1.807, 2.05) is 6.92 Å². The zero-order valence-corrected chi connectivity index (χ0v) is 13.5. The summed E-state index contributed by atoms with van der Waals surface area (Å²) in [6.45, 7) is 2.39. The van der Waals surface area contributed by atoms with Crippen molar-refractivity contribution in [2.75, 3.05) is 23.7 Å². The summed E-state index contributed by atoms with van der Waals surface area (Å²) in [6.07, 6.45) is 0. The largest absolute Gasteiger partial charge is 0.494 e. The van der Waals surface area contributed by atoms with Crippen LogP contribution in [0.15, 0.2) is 48.5 Å². The molecule has 2 aromatic rings. The van der Waals surface area contributed by atoms with Gasteiger partial charge >= 0.3 is 0 Å². The van der Waals surface area contributed by atoms with E-state index in [0.29, 0.717) is 23.8 Å². The third-order valence-electron chi connectivity index (χ3n) is 2.87. The number of sulfonamides is 1. The number of hydrogen-bond acceptors (Lipinski definition) is 4. The minimum atomic E-state index is -3.53. The van der Waals surface area contributed by atoms with Crippen LogP contribution in [0.25, 0.3) is 0 Å². The minimum Gasteiger partial charge on any atom is -0.494 e. The number of ether oxygens (including phenoxy) is 2. The fourth-order valence-corrected chi connectivity index (χ4v) is 2.72. The van der Waals surface area contributed by atoms with Crippen LogP contribution in [0, 0.1) is 5.82 Å². The van der Waals surface area contributed by atoms with E-state index < -0.39 is 10.0 Å². The first-order valence-electron chi connectivity index (χ1n) is 7.10. The van der Waals surface area contributed by atoms with Crippen LogP contribution < -0.4 is 14.2 Å². The highest BCUT2D eigenvalue weighted by atomic mass is 32.2. The van der Waals surface area contributed by atoms with Crippen LogP contribution >= 0.6 is 0 Å². The number of hydrogen-bond donors (Lipinski definition) is 1. The van der Waals surface area contributed by atoms with Gasteiger partial charge in [0.1, 0.15) is 29.7 Å². The van der Waals surface area contributed by atoms with Gasteiger partial charge in [-0.25, -0.2) is 12.8 Å². The average Bonchev–Trinajstić information content (AvgIpc) is 2.51. The Bertz CT molecular complexity index is 715. The van der Waals surface area contributed by atoms with Gasteiger partial charge in [0.05, 0.1) is 6.61 Å². The Morgan fingerprint density at radius 3 is 2.13 bits per heavy atom. The summed E-state index contributed by atoms with van der Waals surface area (Å²) in [6, 6.07) is 12.0. The van der Waals surface area contributed by atoms with Crippen LogP contribution in [0.1, 0.15) is 6.92 Å². The van der Waals surface area contributed by atoms with E-state index in [2.05, 4.69) is 4.72 Å². The Morgan fingerprint density at radius 1 is 0.957 bits per heavy atom. The lowest BCUT2D eigenvalue weighted by atomic mass is 10.3. The predicted octanol–water partition coefficient (Wildman–Crippen LogP) is 3.05. The predicted molar refractivity (Wildman–Crippen MR) is 86.9 cm³/mol. The summed E-state index contributed by atoms with van der Waals surface area (Å²) in [5, 5.41) is 0. The average molecular weight is 339 g/mol. The van der Waals surface area contributed by atoms with Crippen molar-refractivity contribution in [3.63, 3.8) is 0 Å². The maximum Gasteiger partial charge on any atom is 0.236 e. The van der Waals surface area contributed by atoms with Gasteiger partial charge in [-0.3, -0.25) is 4.72 Å². The molecule has 0 spiro atoms. The minimum absolute atomic E-state index is 0.0298. The summed E-state index contributed by atoms with van der Waals surface area (Å²) >= 11 is 0. The molecule has 0 heterocycles. The second-order valence-electron chi connectivity index (χ2n) is 4.68. The SMILES string of the molecule is CCOc1ccc(NS(=O)(=O)CCOc2ccc(F)cc2)cc1. The molecule has 2 rings (SSSR count). The molecule has 0 saturated carbocycles. The van der Waals surface area contributed by atoms with E-state index in [-0.39, 0.29) is 18.2 Å². The smallest absolute Gasteiger partial charge is 0.236 e. The number of anilines is 1. The maximum absolute atomic E-state index is 12.7. The molecule has 23 heavy (non-hydrogen) atoms. The molecule has 0 fully saturated rings. The third kappa shape index (κ3) is 5.78. The van der Waals surface area contributed by atoms with Gasteiger partial charge in [0.15, 0.2) is 0 Å². The number of nitrogens with one attached hydrogen (secondary N) is 1. The van der Waals surface area contributed by atoms with E-state index in [0.717, 1.165) is 0 Å². The molecule has 7 heteroatoms. The van der Waals surface area contributed by atoms with Crippen LogP contribution in [-0.2, 0) is 10.0 Å². The molecule has 0 aliphatic carbocycles. The first-order valence-corrected chi connectivity index (χ1v) is 8.75. The first-order chi connectivity index (χ1) is 11.0. The second-order valence-corrected chi connectivity index (χ2v) is 6.52. The Hall–Kier alpha value is -2.28. The fraction of sp³-hybridized carbons (Fsp3) is 0.250. The molecule has 0 atom stereocenters. The van der Waals surface area contributed by atoms with E-state index in [9.17, 15) is 12.8 Å². The number of halogens is 1. The summed E-state index contributed by atoms with van der Waals surface area (Å²) in [7, 11) is -3.53. The number of rotatable bonds is 8. The topological polar surface area (TPSA) is 64.6 Å².